The van der Waals surface area contributed by atoms with Crippen LogP contribution in [0.15, 0.2) is 65.6 Å². The minimum atomic E-state index is -3.02. The molecule has 1 atom stereocenters. The van der Waals surface area contributed by atoms with E-state index in [-0.39, 0.29) is 0 Å². The van der Waals surface area contributed by atoms with Crippen LogP contribution in [0.4, 0.5) is 5.69 Å². The van der Waals surface area contributed by atoms with Crippen molar-refractivity contribution in [1.29, 1.82) is 0 Å². The van der Waals surface area contributed by atoms with Gasteiger partial charge in [0.25, 0.3) is 0 Å². The van der Waals surface area contributed by atoms with E-state index in [4.69, 9.17) is 4.52 Å². The molecule has 0 saturated heterocycles. The first-order valence-electron chi connectivity index (χ1n) is 6.93. The zero-order valence-electron chi connectivity index (χ0n) is 12.3. The molecule has 0 N–H and O–H groups in total. The molecule has 0 saturated carbocycles. The summed E-state index contributed by atoms with van der Waals surface area (Å²) < 4.78 is 20.6. The third-order valence-electron chi connectivity index (χ3n) is 2.98. The van der Waals surface area contributed by atoms with Crippen molar-refractivity contribution in [1.82, 2.24) is 0 Å². The van der Waals surface area contributed by atoms with E-state index in [1.165, 1.54) is 18.5 Å². The van der Waals surface area contributed by atoms with Gasteiger partial charge in [-0.15, -0.1) is 0 Å². The molecule has 1 unspecified atom stereocenters. The Bertz CT molecular complexity index is 592. The second kappa shape index (κ2) is 7.69. The Hall–Kier alpha value is -1.22. The third kappa shape index (κ3) is 4.13. The fraction of sp³-hybridized carbons (Fsp3) is 0.250. The highest BCUT2D eigenvalue weighted by atomic mass is 32.7. The van der Waals surface area contributed by atoms with Gasteiger partial charge in [0, 0.05) is 24.2 Å². The van der Waals surface area contributed by atoms with E-state index in [9.17, 15) is 4.57 Å². The van der Waals surface area contributed by atoms with Crippen LogP contribution in [0.3, 0.4) is 0 Å². The van der Waals surface area contributed by atoms with Gasteiger partial charge in [-0.05, 0) is 42.1 Å². The van der Waals surface area contributed by atoms with E-state index in [0.29, 0.717) is 6.54 Å². The van der Waals surface area contributed by atoms with Crippen LogP contribution in [0.5, 0.6) is 0 Å². The van der Waals surface area contributed by atoms with E-state index in [2.05, 4.69) is 6.92 Å². The SMILES string of the molecule is CCCN(c1ccccc1)P(=O)(OC)Sc1ccccc1. The van der Waals surface area contributed by atoms with Crippen LogP contribution < -0.4 is 4.67 Å². The van der Waals surface area contributed by atoms with E-state index in [0.717, 1.165) is 17.0 Å². The smallest absolute Gasteiger partial charge is 0.309 e. The van der Waals surface area contributed by atoms with Gasteiger partial charge in [0.15, 0.2) is 0 Å². The summed E-state index contributed by atoms with van der Waals surface area (Å²) >= 11 is 1.29. The lowest BCUT2D eigenvalue weighted by atomic mass is 10.3. The van der Waals surface area contributed by atoms with Crippen molar-refractivity contribution in [2.45, 2.75) is 18.2 Å². The maximum atomic E-state index is 13.3. The average molecular weight is 321 g/mol. The Morgan fingerprint density at radius 1 is 1.05 bits per heavy atom. The Morgan fingerprint density at radius 3 is 2.14 bits per heavy atom. The normalized spacial score (nSPS) is 13.6. The summed E-state index contributed by atoms with van der Waals surface area (Å²) in [7, 11) is 1.52. The van der Waals surface area contributed by atoms with E-state index >= 15 is 0 Å². The molecule has 0 aliphatic carbocycles. The first-order valence-corrected chi connectivity index (χ1v) is 9.93. The van der Waals surface area contributed by atoms with Crippen molar-refractivity contribution in [3.05, 3.63) is 60.7 Å². The zero-order valence-corrected chi connectivity index (χ0v) is 14.0. The minimum Gasteiger partial charge on any atom is -0.309 e. The fourth-order valence-electron chi connectivity index (χ4n) is 2.00. The van der Waals surface area contributed by atoms with Crippen LogP contribution >= 0.6 is 18.1 Å². The van der Waals surface area contributed by atoms with Crippen LogP contribution in [-0.4, -0.2) is 13.7 Å². The quantitative estimate of drug-likeness (QED) is 0.634. The van der Waals surface area contributed by atoms with Crippen molar-refractivity contribution in [2.24, 2.45) is 0 Å². The van der Waals surface area contributed by atoms with Crippen LogP contribution in [0.2, 0.25) is 0 Å². The van der Waals surface area contributed by atoms with Crippen molar-refractivity contribution in [3.8, 4) is 0 Å². The third-order valence-corrected chi connectivity index (χ3v) is 7.54. The molecule has 2 aromatic carbocycles. The molecule has 0 bridgehead atoms. The second-order valence-corrected chi connectivity index (χ2v) is 8.89. The highest BCUT2D eigenvalue weighted by molar-refractivity contribution is 8.57. The minimum absolute atomic E-state index is 0.689. The van der Waals surface area contributed by atoms with Crippen molar-refractivity contribution in [2.75, 3.05) is 18.3 Å². The Kier molecular flexibility index (Phi) is 5.92. The highest BCUT2D eigenvalue weighted by Crippen LogP contribution is 2.65. The molecule has 0 heterocycles. The van der Waals surface area contributed by atoms with Crippen LogP contribution in [0.25, 0.3) is 0 Å². The summed E-state index contributed by atoms with van der Waals surface area (Å²) in [6.07, 6.45) is 0.900. The Morgan fingerprint density at radius 2 is 1.62 bits per heavy atom. The van der Waals surface area contributed by atoms with Crippen molar-refractivity contribution < 1.29 is 9.09 Å². The van der Waals surface area contributed by atoms with Gasteiger partial charge in [0.1, 0.15) is 0 Å². The predicted octanol–water partition coefficient (Wildman–Crippen LogP) is 5.45. The van der Waals surface area contributed by atoms with Gasteiger partial charge in [0.2, 0.25) is 0 Å². The maximum Gasteiger partial charge on any atom is 0.358 e. The first kappa shape index (κ1) is 16.2. The molecule has 0 spiro atoms. The molecule has 0 radical (unpaired) electrons. The lowest BCUT2D eigenvalue weighted by molar-refractivity contribution is 0.406. The summed E-state index contributed by atoms with van der Waals surface area (Å²) in [6, 6.07) is 19.5. The molecule has 2 aromatic rings. The van der Waals surface area contributed by atoms with Crippen LogP contribution in [0.1, 0.15) is 13.3 Å². The average Bonchev–Trinajstić information content (AvgIpc) is 2.54. The van der Waals surface area contributed by atoms with Gasteiger partial charge in [-0.1, -0.05) is 43.3 Å². The van der Waals surface area contributed by atoms with E-state index < -0.39 is 6.72 Å². The molecule has 0 fully saturated rings. The molecule has 2 rings (SSSR count). The number of rotatable bonds is 7. The topological polar surface area (TPSA) is 29.5 Å². The standard InChI is InChI=1S/C16H20NO2PS/c1-3-14-17(15-10-6-4-7-11-15)20(18,19-2)21-16-12-8-5-9-13-16/h4-13H,3,14H2,1-2H3. The molecule has 5 heteroatoms. The fourth-order valence-corrected chi connectivity index (χ4v) is 5.99. The molecule has 21 heavy (non-hydrogen) atoms. The molecule has 0 aromatic heterocycles. The summed E-state index contributed by atoms with van der Waals surface area (Å²) in [5.74, 6) is 0. The molecule has 112 valence electrons. The molecule has 0 amide bonds. The number of nitrogens with zero attached hydrogens (tertiary/aromatic N) is 1. The van der Waals surface area contributed by atoms with Gasteiger partial charge in [-0.3, -0.25) is 9.24 Å². The van der Waals surface area contributed by atoms with Gasteiger partial charge in [-0.25, -0.2) is 0 Å². The monoisotopic (exact) mass is 321 g/mol. The Labute approximate surface area is 130 Å². The molecule has 0 aliphatic rings. The number of hydrogen-bond donors (Lipinski definition) is 0. The summed E-state index contributed by atoms with van der Waals surface area (Å²) in [6.45, 7) is -0.259. The number of anilines is 1. The maximum absolute atomic E-state index is 13.3. The van der Waals surface area contributed by atoms with Gasteiger partial charge in [0.05, 0.1) is 0 Å². The van der Waals surface area contributed by atoms with E-state index in [1.54, 1.807) is 0 Å². The molecule has 0 aliphatic heterocycles. The first-order chi connectivity index (χ1) is 10.2. The second-order valence-electron chi connectivity index (χ2n) is 4.51. The van der Waals surface area contributed by atoms with Crippen LogP contribution in [-0.2, 0) is 9.09 Å². The predicted molar refractivity (Wildman–Crippen MR) is 91.0 cm³/mol. The van der Waals surface area contributed by atoms with Crippen molar-refractivity contribution in [3.63, 3.8) is 0 Å². The van der Waals surface area contributed by atoms with Gasteiger partial charge in [-0.2, -0.15) is 0 Å². The summed E-state index contributed by atoms with van der Waals surface area (Å²) in [5.41, 5.74) is 0.924. The van der Waals surface area contributed by atoms with Crippen LogP contribution in [0, 0.1) is 0 Å². The highest BCUT2D eigenvalue weighted by Gasteiger charge is 2.32. The Balaban J connectivity index is 2.33. The number of para-hydroxylation sites is 1. The number of benzene rings is 2. The number of hydrogen-bond acceptors (Lipinski definition) is 3. The van der Waals surface area contributed by atoms with Crippen molar-refractivity contribution >= 4 is 23.8 Å². The van der Waals surface area contributed by atoms with E-state index in [1.807, 2.05) is 65.3 Å². The van der Waals surface area contributed by atoms with Gasteiger partial charge >= 0.3 is 6.72 Å². The molecule has 3 nitrogen and oxygen atoms in total. The lowest BCUT2D eigenvalue weighted by Gasteiger charge is -2.31. The summed E-state index contributed by atoms with van der Waals surface area (Å²) in [4.78, 5) is 0.944. The molecular formula is C16H20NO2PS. The zero-order chi connectivity index (χ0) is 15.1. The van der Waals surface area contributed by atoms with Gasteiger partial charge < -0.3 is 4.52 Å². The summed E-state index contributed by atoms with van der Waals surface area (Å²) in [5, 5.41) is 0. The lowest BCUT2D eigenvalue weighted by Crippen LogP contribution is -2.20. The largest absolute Gasteiger partial charge is 0.358 e. The molecular weight excluding hydrogens is 301 g/mol.